The lowest BCUT2D eigenvalue weighted by molar-refractivity contribution is -0.148. The Balaban J connectivity index is 1.39. The van der Waals surface area contributed by atoms with Crippen LogP contribution in [0.4, 0.5) is 19.0 Å². The van der Waals surface area contributed by atoms with Crippen LogP contribution in [0.2, 0.25) is 0 Å². The summed E-state index contributed by atoms with van der Waals surface area (Å²) < 4.78 is 85.6. The summed E-state index contributed by atoms with van der Waals surface area (Å²) in [6.45, 7) is -0.0455. The van der Waals surface area contributed by atoms with Crippen LogP contribution in [-0.4, -0.2) is 38.5 Å². The number of hydrogen-bond acceptors (Lipinski definition) is 7. The van der Waals surface area contributed by atoms with E-state index in [-0.39, 0.29) is 29.4 Å². The van der Waals surface area contributed by atoms with Gasteiger partial charge in [-0.25, -0.2) is 12.7 Å². The van der Waals surface area contributed by atoms with Crippen molar-refractivity contribution in [3.63, 3.8) is 0 Å². The lowest BCUT2D eigenvalue weighted by Crippen LogP contribution is -2.31. The number of hydrogen-bond donors (Lipinski definition) is 0. The van der Waals surface area contributed by atoms with Gasteiger partial charge in [-0.15, -0.1) is 0 Å². The first kappa shape index (κ1) is 29.3. The van der Waals surface area contributed by atoms with E-state index in [4.69, 9.17) is 14.0 Å². The van der Waals surface area contributed by atoms with Crippen LogP contribution in [0, 0.1) is 5.92 Å². The lowest BCUT2D eigenvalue weighted by atomic mass is 10.1. The molecule has 3 aromatic carbocycles. The number of pyridine rings is 1. The molecule has 0 spiro atoms. The number of alkyl halides is 3. The number of benzene rings is 3. The fraction of sp³-hybridized carbons (Fsp3) is 0.226. The second-order valence-corrected chi connectivity index (χ2v) is 12.2. The van der Waals surface area contributed by atoms with Gasteiger partial charge in [0.2, 0.25) is 0 Å². The average Bonchev–Trinajstić information content (AvgIpc) is 3.67. The molecule has 1 aliphatic carbocycles. The highest BCUT2D eigenvalue weighted by molar-refractivity contribution is 7.92. The minimum atomic E-state index is -4.28. The molecule has 9 nitrogen and oxygen atoms in total. The maximum absolute atomic E-state index is 14.0. The van der Waals surface area contributed by atoms with Gasteiger partial charge in [0.1, 0.15) is 17.8 Å². The Hall–Kier alpha value is -4.78. The van der Waals surface area contributed by atoms with E-state index in [1.165, 1.54) is 67.5 Å². The Labute approximate surface area is 250 Å². The van der Waals surface area contributed by atoms with Gasteiger partial charge in [0.25, 0.3) is 15.6 Å². The topological polar surface area (TPSA) is 104 Å². The van der Waals surface area contributed by atoms with Gasteiger partial charge in [0.15, 0.2) is 5.82 Å². The molecule has 1 aliphatic rings. The zero-order chi connectivity index (χ0) is 31.2. The number of fused-ring (bicyclic) bond motifs is 1. The molecule has 0 aliphatic heterocycles. The number of ether oxygens (including phenoxy) is 2. The summed E-state index contributed by atoms with van der Waals surface area (Å²) in [6.07, 6.45) is -3.00. The molecule has 2 heterocycles. The molecule has 13 heteroatoms. The zero-order valence-corrected chi connectivity index (χ0v) is 24.3. The molecular formula is C31H26F3N3O6S. The molecule has 1 saturated carbocycles. The normalized spacial score (nSPS) is 16.6. The van der Waals surface area contributed by atoms with Crippen LogP contribution in [0.1, 0.15) is 23.5 Å². The Kier molecular flexibility index (Phi) is 7.36. The largest absolute Gasteiger partial charge is 0.497 e. The van der Waals surface area contributed by atoms with Crippen molar-refractivity contribution in [2.45, 2.75) is 30.0 Å². The predicted octanol–water partition coefficient (Wildman–Crippen LogP) is 6.06. The Morgan fingerprint density at radius 3 is 2.39 bits per heavy atom. The van der Waals surface area contributed by atoms with Crippen molar-refractivity contribution in [2.24, 2.45) is 5.92 Å². The number of anilines is 1. The van der Waals surface area contributed by atoms with Gasteiger partial charge in [-0.1, -0.05) is 23.4 Å². The van der Waals surface area contributed by atoms with Gasteiger partial charge in [-0.05, 0) is 72.0 Å². The molecule has 0 bridgehead atoms. The summed E-state index contributed by atoms with van der Waals surface area (Å²) >= 11 is 0. The fourth-order valence-electron chi connectivity index (χ4n) is 5.32. The van der Waals surface area contributed by atoms with E-state index in [9.17, 15) is 26.4 Å². The average molecular weight is 626 g/mol. The van der Waals surface area contributed by atoms with Gasteiger partial charge < -0.3 is 14.0 Å². The smallest absolute Gasteiger partial charge is 0.392 e. The number of halogens is 3. The molecule has 0 N–H and O–H groups in total. The third-order valence-corrected chi connectivity index (χ3v) is 9.45. The number of rotatable bonds is 9. The Morgan fingerprint density at radius 1 is 0.977 bits per heavy atom. The van der Waals surface area contributed by atoms with Crippen LogP contribution in [0.15, 0.2) is 99.3 Å². The van der Waals surface area contributed by atoms with Crippen LogP contribution < -0.4 is 19.3 Å². The quantitative estimate of drug-likeness (QED) is 0.196. The second-order valence-electron chi connectivity index (χ2n) is 10.4. The van der Waals surface area contributed by atoms with Crippen LogP contribution in [0.3, 0.4) is 0 Å². The summed E-state index contributed by atoms with van der Waals surface area (Å²) in [5, 5.41) is 4.28. The molecule has 0 radical (unpaired) electrons. The summed E-state index contributed by atoms with van der Waals surface area (Å²) in [5.74, 6) is -1.15. The Bertz CT molecular complexity index is 1990. The number of nitrogens with zero attached hydrogens (tertiary/aromatic N) is 3. The van der Waals surface area contributed by atoms with Crippen LogP contribution >= 0.6 is 0 Å². The first-order chi connectivity index (χ1) is 21.0. The summed E-state index contributed by atoms with van der Waals surface area (Å²) in [7, 11) is -1.27. The highest BCUT2D eigenvalue weighted by Gasteiger charge is 2.56. The minimum Gasteiger partial charge on any atom is -0.497 e. The lowest BCUT2D eigenvalue weighted by Gasteiger charge is -2.22. The second kappa shape index (κ2) is 11.1. The van der Waals surface area contributed by atoms with Gasteiger partial charge in [-0.3, -0.25) is 9.36 Å². The first-order valence-electron chi connectivity index (χ1n) is 13.5. The van der Waals surface area contributed by atoms with Crippen molar-refractivity contribution in [3.05, 3.63) is 107 Å². The van der Waals surface area contributed by atoms with Crippen molar-refractivity contribution in [1.82, 2.24) is 9.72 Å². The molecule has 6 rings (SSSR count). The summed E-state index contributed by atoms with van der Waals surface area (Å²) in [4.78, 5) is 13.1. The maximum atomic E-state index is 14.0. The van der Waals surface area contributed by atoms with Crippen molar-refractivity contribution in [2.75, 3.05) is 18.5 Å². The Morgan fingerprint density at radius 2 is 1.75 bits per heavy atom. The maximum Gasteiger partial charge on any atom is 0.392 e. The molecule has 2 atom stereocenters. The predicted molar refractivity (Wildman–Crippen MR) is 156 cm³/mol. The third-order valence-electron chi connectivity index (χ3n) is 7.70. The summed E-state index contributed by atoms with van der Waals surface area (Å²) in [6, 6.07) is 20.1. The molecule has 0 unspecified atom stereocenters. The van der Waals surface area contributed by atoms with Crippen molar-refractivity contribution in [1.29, 1.82) is 0 Å². The first-order valence-corrected chi connectivity index (χ1v) is 14.9. The summed E-state index contributed by atoms with van der Waals surface area (Å²) in [5.41, 5.74) is 1.41. The van der Waals surface area contributed by atoms with Crippen molar-refractivity contribution in [3.8, 4) is 17.2 Å². The molecule has 0 saturated heterocycles. The molecule has 2 aromatic heterocycles. The van der Waals surface area contributed by atoms with E-state index in [2.05, 4.69) is 5.16 Å². The van der Waals surface area contributed by atoms with Gasteiger partial charge in [0.05, 0.1) is 42.8 Å². The van der Waals surface area contributed by atoms with Gasteiger partial charge in [0, 0.05) is 17.5 Å². The van der Waals surface area contributed by atoms with Crippen molar-refractivity contribution < 1.29 is 35.6 Å². The monoisotopic (exact) mass is 625 g/mol. The highest BCUT2D eigenvalue weighted by Crippen LogP contribution is 2.56. The van der Waals surface area contributed by atoms with Gasteiger partial charge in [-0.2, -0.15) is 13.2 Å². The zero-order valence-electron chi connectivity index (χ0n) is 23.5. The standard InChI is InChI=1S/C31H26F3N3O6S/c1-41-22-7-3-19(4-8-22)18-36(29-13-14-43-35-29)44(39,40)23-9-11-26-21(15-23)6-12-30(38)37(26)27-10-5-20(16-28(27)42-2)24-17-25(24)31(32,33)34/h3-16,24-25H,17-18H2,1-2H3/t24-,25+/m1/s1. The van der Waals surface area contributed by atoms with E-state index in [1.807, 2.05) is 0 Å². The number of methoxy groups -OCH3 is 2. The molecule has 44 heavy (non-hydrogen) atoms. The van der Waals surface area contributed by atoms with E-state index >= 15 is 0 Å². The van der Waals surface area contributed by atoms with Crippen LogP contribution in [-0.2, 0) is 16.6 Å². The number of sulfonamides is 1. The molecule has 228 valence electrons. The van der Waals surface area contributed by atoms with Gasteiger partial charge >= 0.3 is 6.18 Å². The molecule has 5 aromatic rings. The van der Waals surface area contributed by atoms with E-state index in [0.29, 0.717) is 33.5 Å². The van der Waals surface area contributed by atoms with E-state index in [0.717, 1.165) is 4.31 Å². The minimum absolute atomic E-state index is 0.00128. The SMILES string of the molecule is COc1ccc(CN(c2ccon2)S(=O)(=O)c2ccc3c(ccc(=O)n3-c3ccc([C@H]4C[C@@H]4C(F)(F)F)cc3OC)c2)cc1. The fourth-order valence-corrected chi connectivity index (χ4v) is 6.75. The van der Waals surface area contributed by atoms with Crippen molar-refractivity contribution >= 4 is 26.7 Å². The van der Waals surface area contributed by atoms with Crippen LogP contribution in [0.5, 0.6) is 11.5 Å². The third kappa shape index (κ3) is 5.39. The molecule has 1 fully saturated rings. The highest BCUT2D eigenvalue weighted by atomic mass is 32.2. The number of aromatic nitrogens is 2. The molecule has 0 amide bonds. The van der Waals surface area contributed by atoms with E-state index in [1.54, 1.807) is 36.4 Å². The van der Waals surface area contributed by atoms with Crippen LogP contribution in [0.25, 0.3) is 16.6 Å². The molecular weight excluding hydrogens is 599 g/mol. The van der Waals surface area contributed by atoms with E-state index < -0.39 is 33.6 Å².